The first-order valence-electron chi connectivity index (χ1n) is 10.6. The molecule has 0 spiro atoms. The van der Waals surface area contributed by atoms with E-state index >= 15 is 0 Å². The summed E-state index contributed by atoms with van der Waals surface area (Å²) in [5.74, 6) is 0.0277. The van der Waals surface area contributed by atoms with Crippen molar-refractivity contribution in [1.82, 2.24) is 10.3 Å². The lowest BCUT2D eigenvalue weighted by atomic mass is 9.96. The fraction of sp³-hybridized carbons (Fsp3) is 0.360. The van der Waals surface area contributed by atoms with Crippen LogP contribution in [0.1, 0.15) is 60.9 Å². The molecule has 0 unspecified atom stereocenters. The van der Waals surface area contributed by atoms with E-state index in [0.29, 0.717) is 0 Å². The summed E-state index contributed by atoms with van der Waals surface area (Å²) in [5, 5.41) is 5.09. The van der Waals surface area contributed by atoms with Crippen LogP contribution < -0.4 is 5.32 Å². The molecule has 0 aliphatic heterocycles. The van der Waals surface area contributed by atoms with Crippen molar-refractivity contribution < 1.29 is 4.79 Å². The first-order chi connectivity index (χ1) is 14.2. The number of fused-ring (bicyclic) bond motifs is 1. The Labute approximate surface area is 177 Å². The van der Waals surface area contributed by atoms with Gasteiger partial charge in [0.1, 0.15) is 5.03 Å². The van der Waals surface area contributed by atoms with E-state index < -0.39 is 0 Å². The van der Waals surface area contributed by atoms with Crippen molar-refractivity contribution in [2.75, 3.05) is 0 Å². The van der Waals surface area contributed by atoms with E-state index in [-0.39, 0.29) is 11.9 Å². The maximum Gasteiger partial charge on any atom is 0.252 e. The molecule has 4 heteroatoms. The van der Waals surface area contributed by atoms with E-state index in [1.165, 1.54) is 37.7 Å². The normalized spacial score (nSPS) is 15.6. The number of pyridine rings is 1. The molecule has 3 aromatic rings. The Morgan fingerprint density at radius 3 is 2.41 bits per heavy atom. The van der Waals surface area contributed by atoms with Crippen molar-refractivity contribution in [2.45, 2.75) is 67.8 Å². The Hall–Kier alpha value is -2.33. The third-order valence-corrected chi connectivity index (χ3v) is 6.55. The number of nitrogens with zero attached hydrogens (tertiary/aromatic N) is 1. The molecule has 2 aromatic carbocycles. The van der Waals surface area contributed by atoms with Crippen molar-refractivity contribution in [3.8, 4) is 0 Å². The third-order valence-electron chi connectivity index (χ3n) is 5.62. The van der Waals surface area contributed by atoms with Gasteiger partial charge in [0.05, 0.1) is 11.1 Å². The first kappa shape index (κ1) is 20.0. The topological polar surface area (TPSA) is 42.0 Å². The third kappa shape index (κ3) is 5.18. The number of carbonyl (C=O) groups is 1. The standard InChI is InChI=1S/C25H28N2OS/c1-18-13-15-20(16-14-18)29-24-17-22(21-11-7-8-12-23(21)27-24)25(28)26-19-9-5-3-2-4-6-10-19/h7-8,11-17,19H,2-6,9-10H2,1H3,(H,26,28). The van der Waals surface area contributed by atoms with Crippen molar-refractivity contribution >= 4 is 28.6 Å². The molecule has 0 radical (unpaired) electrons. The van der Waals surface area contributed by atoms with Crippen molar-refractivity contribution in [3.63, 3.8) is 0 Å². The summed E-state index contributed by atoms with van der Waals surface area (Å²) in [7, 11) is 0. The zero-order valence-corrected chi connectivity index (χ0v) is 17.8. The molecule has 3 nitrogen and oxygen atoms in total. The van der Waals surface area contributed by atoms with Crippen LogP contribution in [0.3, 0.4) is 0 Å². The van der Waals surface area contributed by atoms with Crippen LogP contribution in [0, 0.1) is 6.92 Å². The maximum absolute atomic E-state index is 13.2. The van der Waals surface area contributed by atoms with Gasteiger partial charge in [-0.05, 0) is 44.0 Å². The van der Waals surface area contributed by atoms with E-state index in [2.05, 4.69) is 36.5 Å². The molecule has 0 bridgehead atoms. The Morgan fingerprint density at radius 1 is 0.966 bits per heavy atom. The summed E-state index contributed by atoms with van der Waals surface area (Å²) in [6.07, 6.45) is 8.46. The molecule has 29 heavy (non-hydrogen) atoms. The van der Waals surface area contributed by atoms with Gasteiger partial charge in [-0.15, -0.1) is 0 Å². The summed E-state index contributed by atoms with van der Waals surface area (Å²) in [6.45, 7) is 2.08. The van der Waals surface area contributed by atoms with Crippen LogP contribution in [-0.4, -0.2) is 16.9 Å². The molecule has 1 heterocycles. The number of nitrogens with one attached hydrogen (secondary N) is 1. The molecule has 1 N–H and O–H groups in total. The molecule has 150 valence electrons. The Morgan fingerprint density at radius 2 is 1.66 bits per heavy atom. The van der Waals surface area contributed by atoms with E-state index in [1.54, 1.807) is 11.8 Å². The molecule has 1 fully saturated rings. The quantitative estimate of drug-likeness (QED) is 0.537. The van der Waals surface area contributed by atoms with Gasteiger partial charge >= 0.3 is 0 Å². The average Bonchev–Trinajstić information content (AvgIpc) is 2.71. The van der Waals surface area contributed by atoms with Crippen LogP contribution >= 0.6 is 11.8 Å². The number of hydrogen-bond acceptors (Lipinski definition) is 3. The van der Waals surface area contributed by atoms with E-state index in [4.69, 9.17) is 4.98 Å². The molecule has 1 aliphatic carbocycles. The fourth-order valence-electron chi connectivity index (χ4n) is 3.98. The highest BCUT2D eigenvalue weighted by Crippen LogP contribution is 2.30. The number of hydrogen-bond donors (Lipinski definition) is 1. The molecule has 0 atom stereocenters. The lowest BCUT2D eigenvalue weighted by Gasteiger charge is -2.21. The van der Waals surface area contributed by atoms with Gasteiger partial charge in [0, 0.05) is 16.3 Å². The maximum atomic E-state index is 13.2. The second-order valence-corrected chi connectivity index (χ2v) is 9.05. The van der Waals surface area contributed by atoms with Gasteiger partial charge in [0.15, 0.2) is 0 Å². The van der Waals surface area contributed by atoms with Crippen LogP contribution in [0.25, 0.3) is 10.9 Å². The molecule has 4 rings (SSSR count). The van der Waals surface area contributed by atoms with Crippen molar-refractivity contribution in [2.24, 2.45) is 0 Å². The van der Waals surface area contributed by atoms with E-state index in [9.17, 15) is 4.79 Å². The number of aryl methyl sites for hydroxylation is 1. The monoisotopic (exact) mass is 404 g/mol. The molecule has 0 saturated heterocycles. The summed E-state index contributed by atoms with van der Waals surface area (Å²) in [5.41, 5.74) is 2.83. The Kier molecular flexibility index (Phi) is 6.50. The van der Waals surface area contributed by atoms with Crippen LogP contribution in [-0.2, 0) is 0 Å². The van der Waals surface area contributed by atoms with E-state index in [1.807, 2.05) is 30.3 Å². The minimum absolute atomic E-state index is 0.0277. The number of para-hydroxylation sites is 1. The zero-order valence-electron chi connectivity index (χ0n) is 17.0. The molecule has 1 amide bonds. The first-order valence-corrected chi connectivity index (χ1v) is 11.5. The molecule has 1 saturated carbocycles. The van der Waals surface area contributed by atoms with Gasteiger partial charge < -0.3 is 5.32 Å². The van der Waals surface area contributed by atoms with Gasteiger partial charge in [-0.3, -0.25) is 4.79 Å². The van der Waals surface area contributed by atoms with Gasteiger partial charge in [-0.2, -0.15) is 0 Å². The minimum Gasteiger partial charge on any atom is -0.349 e. The summed E-state index contributed by atoms with van der Waals surface area (Å²) in [4.78, 5) is 19.1. The Balaban J connectivity index is 1.61. The summed E-state index contributed by atoms with van der Waals surface area (Å²) < 4.78 is 0. The minimum atomic E-state index is 0.0277. The molecular weight excluding hydrogens is 376 g/mol. The van der Waals surface area contributed by atoms with Gasteiger partial charge in [0.2, 0.25) is 0 Å². The number of carbonyl (C=O) groups excluding carboxylic acids is 1. The van der Waals surface area contributed by atoms with Crippen molar-refractivity contribution in [1.29, 1.82) is 0 Å². The summed E-state index contributed by atoms with van der Waals surface area (Å²) >= 11 is 1.60. The molecule has 1 aliphatic rings. The number of amides is 1. The van der Waals surface area contributed by atoms with Crippen LogP contribution in [0.5, 0.6) is 0 Å². The highest BCUT2D eigenvalue weighted by molar-refractivity contribution is 7.99. The number of rotatable bonds is 4. The predicted octanol–water partition coefficient (Wildman–Crippen LogP) is 6.54. The molecular formula is C25H28N2OS. The molecule has 1 aromatic heterocycles. The largest absolute Gasteiger partial charge is 0.349 e. The van der Waals surface area contributed by atoms with Crippen LogP contribution in [0.4, 0.5) is 0 Å². The second kappa shape index (κ2) is 9.45. The lowest BCUT2D eigenvalue weighted by molar-refractivity contribution is 0.0932. The van der Waals surface area contributed by atoms with Gasteiger partial charge in [0.25, 0.3) is 5.91 Å². The van der Waals surface area contributed by atoms with Gasteiger partial charge in [-0.25, -0.2) is 4.98 Å². The van der Waals surface area contributed by atoms with E-state index in [0.717, 1.165) is 39.2 Å². The summed E-state index contributed by atoms with van der Waals surface area (Å²) in [6, 6.07) is 18.6. The number of aromatic nitrogens is 1. The number of benzene rings is 2. The van der Waals surface area contributed by atoms with Crippen molar-refractivity contribution in [3.05, 3.63) is 65.7 Å². The lowest BCUT2D eigenvalue weighted by Crippen LogP contribution is -2.35. The smallest absolute Gasteiger partial charge is 0.252 e. The fourth-order valence-corrected chi connectivity index (χ4v) is 4.82. The Bertz CT molecular complexity index is 976. The zero-order chi connectivity index (χ0) is 20.1. The average molecular weight is 405 g/mol. The highest BCUT2D eigenvalue weighted by Gasteiger charge is 2.18. The SMILES string of the molecule is Cc1ccc(Sc2cc(C(=O)NC3CCCCCCC3)c3ccccc3n2)cc1. The second-order valence-electron chi connectivity index (χ2n) is 7.96. The van der Waals surface area contributed by atoms with Crippen LogP contribution in [0.15, 0.2) is 64.5 Å². The van der Waals surface area contributed by atoms with Crippen LogP contribution in [0.2, 0.25) is 0 Å². The van der Waals surface area contributed by atoms with Gasteiger partial charge in [-0.1, -0.05) is 79.8 Å². The highest BCUT2D eigenvalue weighted by atomic mass is 32.2. The predicted molar refractivity (Wildman–Crippen MR) is 121 cm³/mol.